The first kappa shape index (κ1) is 15.6. The quantitative estimate of drug-likeness (QED) is 0.819. The highest BCUT2D eigenvalue weighted by Gasteiger charge is 2.44. The average molecular weight is 331 g/mol. The summed E-state index contributed by atoms with van der Waals surface area (Å²) >= 11 is 1.46. The monoisotopic (exact) mass is 331 g/mol. The van der Waals surface area contributed by atoms with Crippen LogP contribution < -0.4 is 0 Å². The Balaban J connectivity index is 2.03. The molecule has 3 rings (SSSR count). The number of thiophene rings is 1. The van der Waals surface area contributed by atoms with Crippen molar-refractivity contribution in [2.24, 2.45) is 0 Å². The molecule has 0 aromatic carbocycles. The van der Waals surface area contributed by atoms with E-state index in [-0.39, 0.29) is 11.3 Å². The minimum Gasteiger partial charge on any atom is -0.503 e. The average Bonchev–Trinajstić information content (AvgIpc) is 3.28. The Kier molecular flexibility index (Phi) is 4.34. The molecule has 2 aromatic rings. The van der Waals surface area contributed by atoms with Gasteiger partial charge in [0.2, 0.25) is 5.78 Å². The van der Waals surface area contributed by atoms with Crippen LogP contribution in [-0.4, -0.2) is 28.2 Å². The highest BCUT2D eigenvalue weighted by molar-refractivity contribution is 7.10. The number of carbonyl (C=O) groups is 2. The van der Waals surface area contributed by atoms with E-state index in [0.29, 0.717) is 6.54 Å². The third-order valence-electron chi connectivity index (χ3n) is 3.86. The summed E-state index contributed by atoms with van der Waals surface area (Å²) in [7, 11) is 0. The number of aliphatic hydroxyl groups excluding tert-OH is 1. The lowest BCUT2D eigenvalue weighted by atomic mass is 10.0. The lowest BCUT2D eigenvalue weighted by Crippen LogP contribution is -2.31. The Bertz CT molecular complexity index is 731. The van der Waals surface area contributed by atoms with E-state index in [1.807, 2.05) is 24.4 Å². The molecule has 1 aliphatic heterocycles. The topological polar surface area (TPSA) is 70.8 Å². The molecule has 1 atom stereocenters. The molecule has 0 bridgehead atoms. The second-order valence-corrected chi connectivity index (χ2v) is 6.32. The van der Waals surface area contributed by atoms with Crippen molar-refractivity contribution in [3.63, 3.8) is 0 Å². The SMILES string of the molecule is CCCCN1C(=O)C(O)=C(C(=O)c2ccco2)C1c1cccs1. The summed E-state index contributed by atoms with van der Waals surface area (Å²) in [6, 6.07) is 6.33. The van der Waals surface area contributed by atoms with E-state index < -0.39 is 23.5 Å². The maximum atomic E-state index is 12.7. The zero-order valence-corrected chi connectivity index (χ0v) is 13.5. The normalized spacial score (nSPS) is 18.0. The molecule has 2 aromatic heterocycles. The zero-order chi connectivity index (χ0) is 16.4. The molecule has 0 fully saturated rings. The number of unbranched alkanes of at least 4 members (excludes halogenated alkanes) is 1. The molecule has 0 aliphatic carbocycles. The van der Waals surface area contributed by atoms with E-state index in [4.69, 9.17) is 4.42 Å². The highest BCUT2D eigenvalue weighted by atomic mass is 32.1. The summed E-state index contributed by atoms with van der Waals surface area (Å²) < 4.78 is 5.15. The van der Waals surface area contributed by atoms with Gasteiger partial charge in [0.05, 0.1) is 17.9 Å². The van der Waals surface area contributed by atoms with Crippen LogP contribution >= 0.6 is 11.3 Å². The predicted octanol–water partition coefficient (Wildman–Crippen LogP) is 3.72. The van der Waals surface area contributed by atoms with E-state index in [0.717, 1.165) is 17.7 Å². The van der Waals surface area contributed by atoms with Gasteiger partial charge < -0.3 is 14.4 Å². The van der Waals surface area contributed by atoms with E-state index in [2.05, 4.69) is 0 Å². The van der Waals surface area contributed by atoms with Crippen molar-refractivity contribution >= 4 is 23.0 Å². The molecule has 5 nitrogen and oxygen atoms in total. The third-order valence-corrected chi connectivity index (χ3v) is 4.78. The first-order valence-electron chi connectivity index (χ1n) is 7.50. The van der Waals surface area contributed by atoms with Crippen LogP contribution in [0.5, 0.6) is 0 Å². The molecule has 0 saturated heterocycles. The standard InChI is InChI=1S/C17H17NO4S/c1-2-3-8-18-14(12-7-5-10-23-12)13(16(20)17(18)21)15(19)11-6-4-9-22-11/h4-7,9-10,14,20H,2-3,8H2,1H3. The number of hydrogen-bond acceptors (Lipinski definition) is 5. The van der Waals surface area contributed by atoms with Crippen LogP contribution in [0.3, 0.4) is 0 Å². The molecule has 0 saturated carbocycles. The largest absolute Gasteiger partial charge is 0.503 e. The van der Waals surface area contributed by atoms with Crippen LogP contribution in [0.4, 0.5) is 0 Å². The summed E-state index contributed by atoms with van der Waals surface area (Å²) in [4.78, 5) is 27.6. The van der Waals surface area contributed by atoms with Gasteiger partial charge in [0, 0.05) is 11.4 Å². The van der Waals surface area contributed by atoms with Gasteiger partial charge in [0.1, 0.15) is 0 Å². The molecule has 1 N–H and O–H groups in total. The summed E-state index contributed by atoms with van der Waals surface area (Å²) in [5.41, 5.74) is 0.100. The minimum absolute atomic E-state index is 0.100. The molecular formula is C17H17NO4S. The summed E-state index contributed by atoms with van der Waals surface area (Å²) in [5.74, 6) is -1.29. The van der Waals surface area contributed by atoms with Crippen molar-refractivity contribution in [1.82, 2.24) is 4.90 Å². The first-order chi connectivity index (χ1) is 11.1. The van der Waals surface area contributed by atoms with Gasteiger partial charge in [0.15, 0.2) is 11.5 Å². The second-order valence-electron chi connectivity index (χ2n) is 5.34. The van der Waals surface area contributed by atoms with Crippen LogP contribution in [0.15, 0.2) is 51.7 Å². The minimum atomic E-state index is -0.549. The van der Waals surface area contributed by atoms with Gasteiger partial charge in [-0.1, -0.05) is 19.4 Å². The van der Waals surface area contributed by atoms with Gasteiger partial charge >= 0.3 is 0 Å². The zero-order valence-electron chi connectivity index (χ0n) is 12.7. The number of nitrogens with zero attached hydrogens (tertiary/aromatic N) is 1. The van der Waals surface area contributed by atoms with Gasteiger partial charge in [-0.25, -0.2) is 0 Å². The van der Waals surface area contributed by atoms with Gasteiger partial charge in [-0.15, -0.1) is 11.3 Å². The van der Waals surface area contributed by atoms with Gasteiger partial charge in [-0.3, -0.25) is 9.59 Å². The fraction of sp³-hybridized carbons (Fsp3) is 0.294. The van der Waals surface area contributed by atoms with Crippen LogP contribution in [-0.2, 0) is 4.79 Å². The van der Waals surface area contributed by atoms with Crippen LogP contribution in [0.2, 0.25) is 0 Å². The summed E-state index contributed by atoms with van der Waals surface area (Å²) in [6.45, 7) is 2.53. The number of furan rings is 1. The molecule has 0 radical (unpaired) electrons. The number of carbonyl (C=O) groups excluding carboxylic acids is 2. The summed E-state index contributed by atoms with van der Waals surface area (Å²) in [6.07, 6.45) is 3.13. The Morgan fingerprint density at radius 2 is 2.22 bits per heavy atom. The van der Waals surface area contributed by atoms with Gasteiger partial charge in [0.25, 0.3) is 5.91 Å². The molecule has 23 heavy (non-hydrogen) atoms. The Labute approximate surface area is 137 Å². The fourth-order valence-electron chi connectivity index (χ4n) is 2.73. The molecule has 6 heteroatoms. The highest BCUT2D eigenvalue weighted by Crippen LogP contribution is 2.40. The van der Waals surface area contributed by atoms with E-state index in [1.54, 1.807) is 11.0 Å². The first-order valence-corrected chi connectivity index (χ1v) is 8.38. The summed E-state index contributed by atoms with van der Waals surface area (Å²) in [5, 5.41) is 12.2. The number of aliphatic hydroxyl groups is 1. The smallest absolute Gasteiger partial charge is 0.290 e. The van der Waals surface area contributed by atoms with Crippen LogP contribution in [0.1, 0.15) is 41.2 Å². The number of amides is 1. The van der Waals surface area contributed by atoms with Crippen LogP contribution in [0, 0.1) is 0 Å². The number of rotatable bonds is 6. The maximum Gasteiger partial charge on any atom is 0.290 e. The van der Waals surface area contributed by atoms with Crippen molar-refractivity contribution in [3.8, 4) is 0 Å². The van der Waals surface area contributed by atoms with Crippen molar-refractivity contribution in [3.05, 3.63) is 57.9 Å². The van der Waals surface area contributed by atoms with E-state index in [9.17, 15) is 14.7 Å². The number of ketones is 1. The Morgan fingerprint density at radius 1 is 1.39 bits per heavy atom. The van der Waals surface area contributed by atoms with Crippen molar-refractivity contribution < 1.29 is 19.1 Å². The molecule has 1 aliphatic rings. The van der Waals surface area contributed by atoms with Gasteiger partial charge in [-0.2, -0.15) is 0 Å². The Hall–Kier alpha value is -2.34. The molecule has 120 valence electrons. The second kappa shape index (κ2) is 6.42. The molecule has 1 unspecified atom stereocenters. The predicted molar refractivity (Wildman–Crippen MR) is 86.4 cm³/mol. The number of Topliss-reactive ketones (excluding diaryl/α,β-unsaturated/α-hetero) is 1. The van der Waals surface area contributed by atoms with Crippen molar-refractivity contribution in [2.45, 2.75) is 25.8 Å². The fourth-order valence-corrected chi connectivity index (χ4v) is 3.57. The van der Waals surface area contributed by atoms with Crippen molar-refractivity contribution in [1.29, 1.82) is 0 Å². The maximum absolute atomic E-state index is 12.7. The number of hydrogen-bond donors (Lipinski definition) is 1. The van der Waals surface area contributed by atoms with E-state index in [1.165, 1.54) is 23.7 Å². The molecule has 3 heterocycles. The third kappa shape index (κ3) is 2.70. The Morgan fingerprint density at radius 3 is 2.83 bits per heavy atom. The van der Waals surface area contributed by atoms with Crippen molar-refractivity contribution in [2.75, 3.05) is 6.54 Å². The lowest BCUT2D eigenvalue weighted by molar-refractivity contribution is -0.129. The van der Waals surface area contributed by atoms with E-state index >= 15 is 0 Å². The lowest BCUT2D eigenvalue weighted by Gasteiger charge is -2.25. The molecule has 1 amide bonds. The molecule has 0 spiro atoms. The molecular weight excluding hydrogens is 314 g/mol. The van der Waals surface area contributed by atoms with Crippen LogP contribution in [0.25, 0.3) is 0 Å². The van der Waals surface area contributed by atoms with Gasteiger partial charge in [-0.05, 0) is 30.0 Å².